The lowest BCUT2D eigenvalue weighted by atomic mass is 9.52. The van der Waals surface area contributed by atoms with Crippen LogP contribution in [-0.2, 0) is 9.84 Å². The molecule has 2 fully saturated rings. The van der Waals surface area contributed by atoms with Crippen molar-refractivity contribution in [1.29, 1.82) is 5.26 Å². The van der Waals surface area contributed by atoms with Gasteiger partial charge in [0.2, 0.25) is 0 Å². The maximum absolute atomic E-state index is 12.9. The molecule has 0 unspecified atom stereocenters. The average molecular weight is 279 g/mol. The van der Waals surface area contributed by atoms with Gasteiger partial charge in [0.1, 0.15) is 5.82 Å². The molecule has 0 aliphatic heterocycles. The van der Waals surface area contributed by atoms with E-state index in [0.29, 0.717) is 12.8 Å². The second kappa shape index (κ2) is 3.80. The molecule has 2 saturated carbocycles. The summed E-state index contributed by atoms with van der Waals surface area (Å²) < 4.78 is 36.7. The molecule has 19 heavy (non-hydrogen) atoms. The van der Waals surface area contributed by atoms with Crippen molar-refractivity contribution in [2.75, 3.05) is 0 Å². The van der Waals surface area contributed by atoms with Gasteiger partial charge in [-0.15, -0.1) is 0 Å². The van der Waals surface area contributed by atoms with E-state index in [0.717, 1.165) is 31.4 Å². The summed E-state index contributed by atoms with van der Waals surface area (Å²) >= 11 is 0. The van der Waals surface area contributed by atoms with Crippen molar-refractivity contribution in [2.45, 2.75) is 41.7 Å². The fourth-order valence-corrected chi connectivity index (χ4v) is 5.42. The van der Waals surface area contributed by atoms with E-state index in [9.17, 15) is 18.1 Å². The van der Waals surface area contributed by atoms with Gasteiger partial charge < -0.3 is 0 Å². The first-order chi connectivity index (χ1) is 8.93. The van der Waals surface area contributed by atoms with Gasteiger partial charge in [-0.2, -0.15) is 5.26 Å². The van der Waals surface area contributed by atoms with Gasteiger partial charge in [-0.3, -0.25) is 0 Å². The Labute approximate surface area is 112 Å². The number of sulfone groups is 1. The molecule has 0 heterocycles. The Morgan fingerprint density at radius 1 is 1.16 bits per heavy atom. The monoisotopic (exact) mass is 279 g/mol. The van der Waals surface area contributed by atoms with E-state index in [2.05, 4.69) is 0 Å². The third-order valence-electron chi connectivity index (χ3n) is 4.58. The van der Waals surface area contributed by atoms with Crippen LogP contribution in [0.15, 0.2) is 29.2 Å². The van der Waals surface area contributed by atoms with Crippen molar-refractivity contribution < 1.29 is 12.8 Å². The molecule has 5 heteroatoms. The molecular formula is C14H14FNO2S. The summed E-state index contributed by atoms with van der Waals surface area (Å²) in [5, 5.41) is 9.34. The largest absolute Gasteiger partial charge is 0.222 e. The molecule has 100 valence electrons. The van der Waals surface area contributed by atoms with Crippen molar-refractivity contribution in [1.82, 2.24) is 0 Å². The van der Waals surface area contributed by atoms with Crippen LogP contribution < -0.4 is 0 Å². The minimum Gasteiger partial charge on any atom is -0.222 e. The Hall–Kier alpha value is -1.41. The number of rotatable bonds is 2. The summed E-state index contributed by atoms with van der Waals surface area (Å²) in [7, 11) is -3.71. The lowest BCUT2D eigenvalue weighted by Crippen LogP contribution is -2.58. The Morgan fingerprint density at radius 2 is 1.74 bits per heavy atom. The smallest absolute Gasteiger partial charge is 0.197 e. The van der Waals surface area contributed by atoms with Gasteiger partial charge in [-0.1, -0.05) is 6.42 Å². The standard InChI is InChI=1S/C14H14FNO2S/c15-11-2-4-12(5-3-11)19(17,18)14(10-16)8-13(9-14)6-1-7-13/h2-5H,1,6-9H2. The molecule has 2 aliphatic carbocycles. The van der Waals surface area contributed by atoms with Crippen LogP contribution in [0.4, 0.5) is 4.39 Å². The third kappa shape index (κ3) is 1.63. The van der Waals surface area contributed by atoms with Crippen molar-refractivity contribution >= 4 is 9.84 Å². The summed E-state index contributed by atoms with van der Waals surface area (Å²) in [6.07, 6.45) is 4.02. The first kappa shape index (κ1) is 12.6. The van der Waals surface area contributed by atoms with Crippen LogP contribution in [0, 0.1) is 22.6 Å². The molecule has 0 amide bonds. The van der Waals surface area contributed by atoms with Gasteiger partial charge in [0.25, 0.3) is 0 Å². The van der Waals surface area contributed by atoms with Crippen molar-refractivity contribution in [3.63, 3.8) is 0 Å². The van der Waals surface area contributed by atoms with Gasteiger partial charge in [-0.05, 0) is 55.4 Å². The molecule has 0 N–H and O–H groups in total. The van der Waals surface area contributed by atoms with Crippen LogP contribution in [0.5, 0.6) is 0 Å². The van der Waals surface area contributed by atoms with Gasteiger partial charge in [0, 0.05) is 0 Å². The second-order valence-corrected chi connectivity index (χ2v) is 8.03. The van der Waals surface area contributed by atoms with Gasteiger partial charge in [-0.25, -0.2) is 12.8 Å². The first-order valence-electron chi connectivity index (χ1n) is 6.35. The number of hydrogen-bond acceptors (Lipinski definition) is 3. The molecule has 3 nitrogen and oxygen atoms in total. The van der Waals surface area contributed by atoms with Crippen LogP contribution in [-0.4, -0.2) is 13.2 Å². The van der Waals surface area contributed by atoms with Gasteiger partial charge >= 0.3 is 0 Å². The maximum atomic E-state index is 12.9. The quantitative estimate of drug-likeness (QED) is 0.782. The lowest BCUT2D eigenvalue weighted by Gasteiger charge is -2.57. The predicted molar refractivity (Wildman–Crippen MR) is 67.4 cm³/mol. The van der Waals surface area contributed by atoms with E-state index < -0.39 is 20.4 Å². The van der Waals surface area contributed by atoms with Crippen LogP contribution >= 0.6 is 0 Å². The molecule has 1 aromatic rings. The minimum atomic E-state index is -3.71. The van der Waals surface area contributed by atoms with Crippen LogP contribution in [0.3, 0.4) is 0 Å². The Morgan fingerprint density at radius 3 is 2.16 bits per heavy atom. The number of hydrogen-bond donors (Lipinski definition) is 0. The molecule has 0 saturated heterocycles. The Balaban J connectivity index is 1.96. The van der Waals surface area contributed by atoms with Crippen molar-refractivity contribution in [2.24, 2.45) is 5.41 Å². The zero-order valence-electron chi connectivity index (χ0n) is 10.4. The average Bonchev–Trinajstić information content (AvgIpc) is 2.26. The van der Waals surface area contributed by atoms with E-state index >= 15 is 0 Å². The highest BCUT2D eigenvalue weighted by Crippen LogP contribution is 2.63. The van der Waals surface area contributed by atoms with Crippen molar-refractivity contribution in [3.05, 3.63) is 30.1 Å². The SMILES string of the molecule is N#CC1(S(=O)(=O)c2ccc(F)cc2)CC2(CCC2)C1. The van der Waals surface area contributed by atoms with Crippen LogP contribution in [0.2, 0.25) is 0 Å². The van der Waals surface area contributed by atoms with E-state index in [1.807, 2.05) is 6.07 Å². The Bertz CT molecular complexity index is 646. The number of nitrogens with zero attached hydrogens (tertiary/aromatic N) is 1. The number of benzene rings is 1. The highest BCUT2D eigenvalue weighted by Gasteiger charge is 2.64. The summed E-state index contributed by atoms with van der Waals surface area (Å²) in [4.78, 5) is 0.0459. The zero-order chi connectivity index (χ0) is 13.7. The lowest BCUT2D eigenvalue weighted by molar-refractivity contribution is 0.0115. The van der Waals surface area contributed by atoms with Crippen LogP contribution in [0.25, 0.3) is 0 Å². The summed E-state index contributed by atoms with van der Waals surface area (Å²) in [5.41, 5.74) is 0.0861. The van der Waals surface area contributed by atoms with Gasteiger partial charge in [0.15, 0.2) is 14.6 Å². The Kier molecular flexibility index (Phi) is 2.52. The maximum Gasteiger partial charge on any atom is 0.197 e. The molecular weight excluding hydrogens is 265 g/mol. The fourth-order valence-electron chi connectivity index (χ4n) is 3.36. The highest BCUT2D eigenvalue weighted by molar-refractivity contribution is 7.93. The van der Waals surface area contributed by atoms with E-state index in [1.54, 1.807) is 0 Å². The van der Waals surface area contributed by atoms with E-state index in [4.69, 9.17) is 0 Å². The van der Waals surface area contributed by atoms with E-state index in [1.165, 1.54) is 12.1 Å². The molecule has 1 spiro atoms. The molecule has 0 radical (unpaired) electrons. The van der Waals surface area contributed by atoms with Gasteiger partial charge in [0.05, 0.1) is 11.0 Å². The van der Waals surface area contributed by atoms with Crippen molar-refractivity contribution in [3.8, 4) is 6.07 Å². The molecule has 0 aromatic heterocycles. The second-order valence-electron chi connectivity index (χ2n) is 5.77. The summed E-state index contributed by atoms with van der Waals surface area (Å²) in [6, 6.07) is 6.74. The topological polar surface area (TPSA) is 57.9 Å². The number of nitriles is 1. The third-order valence-corrected chi connectivity index (χ3v) is 6.88. The molecule has 0 atom stereocenters. The molecule has 0 bridgehead atoms. The molecule has 1 aromatic carbocycles. The summed E-state index contributed by atoms with van der Waals surface area (Å²) in [5.74, 6) is -0.478. The molecule has 2 aliphatic rings. The predicted octanol–water partition coefficient (Wildman–Crippen LogP) is 2.83. The number of halogens is 1. The first-order valence-corrected chi connectivity index (χ1v) is 7.83. The normalized spacial score (nSPS) is 23.2. The van der Waals surface area contributed by atoms with Crippen LogP contribution in [0.1, 0.15) is 32.1 Å². The fraction of sp³-hybridized carbons (Fsp3) is 0.500. The van der Waals surface area contributed by atoms with E-state index in [-0.39, 0.29) is 10.3 Å². The summed E-state index contributed by atoms with van der Waals surface area (Å²) in [6.45, 7) is 0. The molecule has 3 rings (SSSR count). The minimum absolute atomic E-state index is 0.0459. The zero-order valence-corrected chi connectivity index (χ0v) is 11.2. The highest BCUT2D eigenvalue weighted by atomic mass is 32.2.